The zero-order valence-corrected chi connectivity index (χ0v) is 9.99. The summed E-state index contributed by atoms with van der Waals surface area (Å²) < 4.78 is 12.6. The van der Waals surface area contributed by atoms with Gasteiger partial charge in [0, 0.05) is 19.4 Å². The van der Waals surface area contributed by atoms with Gasteiger partial charge in [0.2, 0.25) is 0 Å². The van der Waals surface area contributed by atoms with Crippen LogP contribution >= 0.6 is 0 Å². The maximum Gasteiger partial charge on any atom is 0.100 e. The SMILES string of the molecule is CCOC(COC)Cn1nc(C)cc1C. The molecule has 0 saturated carbocycles. The summed E-state index contributed by atoms with van der Waals surface area (Å²) in [5, 5.41) is 4.40. The third-order valence-electron chi connectivity index (χ3n) is 2.23. The quantitative estimate of drug-likeness (QED) is 0.718. The van der Waals surface area contributed by atoms with Crippen molar-refractivity contribution in [1.82, 2.24) is 9.78 Å². The number of hydrogen-bond acceptors (Lipinski definition) is 3. The van der Waals surface area contributed by atoms with Crippen LogP contribution in [0.3, 0.4) is 0 Å². The van der Waals surface area contributed by atoms with Crippen molar-refractivity contribution in [3.05, 3.63) is 17.5 Å². The van der Waals surface area contributed by atoms with Crippen molar-refractivity contribution in [3.8, 4) is 0 Å². The highest BCUT2D eigenvalue weighted by molar-refractivity contribution is 5.06. The zero-order valence-electron chi connectivity index (χ0n) is 9.99. The number of hydrogen-bond donors (Lipinski definition) is 0. The van der Waals surface area contributed by atoms with Crippen LogP contribution in [-0.2, 0) is 16.0 Å². The molecule has 0 aliphatic carbocycles. The average molecular weight is 212 g/mol. The Morgan fingerprint density at radius 2 is 2.20 bits per heavy atom. The standard InChI is InChI=1S/C11H20N2O2/c1-5-15-11(8-14-4)7-13-10(3)6-9(2)12-13/h6,11H,5,7-8H2,1-4H3. The fourth-order valence-electron chi connectivity index (χ4n) is 1.63. The van der Waals surface area contributed by atoms with Gasteiger partial charge in [0.1, 0.15) is 6.10 Å². The molecule has 0 aromatic carbocycles. The van der Waals surface area contributed by atoms with Crippen LogP contribution in [0.25, 0.3) is 0 Å². The minimum atomic E-state index is 0.0815. The third kappa shape index (κ3) is 3.64. The van der Waals surface area contributed by atoms with E-state index < -0.39 is 0 Å². The Balaban J connectivity index is 2.60. The lowest BCUT2D eigenvalue weighted by Crippen LogP contribution is -2.26. The largest absolute Gasteiger partial charge is 0.382 e. The van der Waals surface area contributed by atoms with Gasteiger partial charge >= 0.3 is 0 Å². The first-order chi connectivity index (χ1) is 7.17. The highest BCUT2D eigenvalue weighted by atomic mass is 16.5. The van der Waals surface area contributed by atoms with Crippen LogP contribution in [0.15, 0.2) is 6.07 Å². The van der Waals surface area contributed by atoms with Crippen LogP contribution in [0.5, 0.6) is 0 Å². The summed E-state index contributed by atoms with van der Waals surface area (Å²) in [7, 11) is 1.69. The maximum absolute atomic E-state index is 5.56. The molecule has 1 aromatic heterocycles. The average Bonchev–Trinajstić information content (AvgIpc) is 2.46. The molecule has 86 valence electrons. The van der Waals surface area contributed by atoms with E-state index in [1.54, 1.807) is 7.11 Å². The van der Waals surface area contributed by atoms with Crippen LogP contribution in [0.1, 0.15) is 18.3 Å². The summed E-state index contributed by atoms with van der Waals surface area (Å²) in [4.78, 5) is 0. The Bertz CT molecular complexity index is 291. The van der Waals surface area contributed by atoms with Gasteiger partial charge in [0.15, 0.2) is 0 Å². The van der Waals surface area contributed by atoms with Gasteiger partial charge in [0.05, 0.1) is 18.8 Å². The fraction of sp³-hybridized carbons (Fsp3) is 0.727. The van der Waals surface area contributed by atoms with Crippen molar-refractivity contribution < 1.29 is 9.47 Å². The molecule has 0 aliphatic heterocycles. The molecule has 1 rings (SSSR count). The third-order valence-corrected chi connectivity index (χ3v) is 2.23. The summed E-state index contributed by atoms with van der Waals surface area (Å²) in [5.41, 5.74) is 2.20. The van der Waals surface area contributed by atoms with Crippen LogP contribution in [0.2, 0.25) is 0 Å². The molecule has 0 amide bonds. The number of nitrogens with zero attached hydrogens (tertiary/aromatic N) is 2. The van der Waals surface area contributed by atoms with Crippen molar-refractivity contribution in [2.75, 3.05) is 20.3 Å². The predicted octanol–water partition coefficient (Wildman–Crippen LogP) is 1.55. The van der Waals surface area contributed by atoms with Crippen LogP contribution in [0.4, 0.5) is 0 Å². The first-order valence-corrected chi connectivity index (χ1v) is 5.29. The number of ether oxygens (including phenoxy) is 2. The highest BCUT2D eigenvalue weighted by Crippen LogP contribution is 2.05. The minimum Gasteiger partial charge on any atom is -0.382 e. The highest BCUT2D eigenvalue weighted by Gasteiger charge is 2.11. The molecular formula is C11H20N2O2. The molecule has 4 heteroatoms. The Morgan fingerprint density at radius 3 is 2.67 bits per heavy atom. The van der Waals surface area contributed by atoms with Gasteiger partial charge in [-0.25, -0.2) is 0 Å². The molecule has 0 fully saturated rings. The number of aryl methyl sites for hydroxylation is 2. The molecule has 0 spiro atoms. The molecule has 1 atom stereocenters. The molecule has 1 aromatic rings. The van der Waals surface area contributed by atoms with E-state index in [4.69, 9.17) is 9.47 Å². The second-order valence-electron chi connectivity index (χ2n) is 3.64. The topological polar surface area (TPSA) is 36.3 Å². The second kappa shape index (κ2) is 5.88. The second-order valence-corrected chi connectivity index (χ2v) is 3.64. The van der Waals surface area contributed by atoms with E-state index in [1.165, 1.54) is 0 Å². The molecular weight excluding hydrogens is 192 g/mol. The minimum absolute atomic E-state index is 0.0815. The molecule has 0 bridgehead atoms. The van der Waals surface area contributed by atoms with E-state index in [2.05, 4.69) is 18.1 Å². The molecule has 0 aliphatic rings. The molecule has 1 unspecified atom stereocenters. The summed E-state index contributed by atoms with van der Waals surface area (Å²) in [6.45, 7) is 8.09. The van der Waals surface area contributed by atoms with Gasteiger partial charge in [0.25, 0.3) is 0 Å². The molecule has 0 N–H and O–H groups in total. The number of methoxy groups -OCH3 is 1. The van der Waals surface area contributed by atoms with Gasteiger partial charge in [-0.1, -0.05) is 0 Å². The first-order valence-electron chi connectivity index (χ1n) is 5.29. The summed E-state index contributed by atoms with van der Waals surface area (Å²) >= 11 is 0. The number of aromatic nitrogens is 2. The Labute approximate surface area is 91.2 Å². The molecule has 4 nitrogen and oxygen atoms in total. The summed E-state index contributed by atoms with van der Waals surface area (Å²) in [6, 6.07) is 2.07. The number of rotatable bonds is 6. The lowest BCUT2D eigenvalue weighted by atomic mass is 10.3. The van der Waals surface area contributed by atoms with Crippen molar-refractivity contribution in [2.24, 2.45) is 0 Å². The van der Waals surface area contributed by atoms with E-state index in [1.807, 2.05) is 18.5 Å². The van der Waals surface area contributed by atoms with Crippen molar-refractivity contribution >= 4 is 0 Å². The zero-order chi connectivity index (χ0) is 11.3. The Kier molecular flexibility index (Phi) is 4.78. The van der Waals surface area contributed by atoms with Gasteiger partial charge in [-0.15, -0.1) is 0 Å². The van der Waals surface area contributed by atoms with Gasteiger partial charge < -0.3 is 9.47 Å². The van der Waals surface area contributed by atoms with Crippen LogP contribution in [0, 0.1) is 13.8 Å². The smallest absolute Gasteiger partial charge is 0.100 e. The molecule has 0 saturated heterocycles. The van der Waals surface area contributed by atoms with Gasteiger partial charge in [-0.2, -0.15) is 5.10 Å². The van der Waals surface area contributed by atoms with E-state index in [9.17, 15) is 0 Å². The summed E-state index contributed by atoms with van der Waals surface area (Å²) in [5.74, 6) is 0. The summed E-state index contributed by atoms with van der Waals surface area (Å²) in [6.07, 6.45) is 0.0815. The van der Waals surface area contributed by atoms with Crippen LogP contribution < -0.4 is 0 Å². The monoisotopic (exact) mass is 212 g/mol. The molecule has 0 radical (unpaired) electrons. The Morgan fingerprint density at radius 1 is 1.47 bits per heavy atom. The fourth-order valence-corrected chi connectivity index (χ4v) is 1.63. The van der Waals surface area contributed by atoms with Crippen LogP contribution in [-0.4, -0.2) is 36.2 Å². The predicted molar refractivity (Wildman–Crippen MR) is 59.0 cm³/mol. The molecule has 15 heavy (non-hydrogen) atoms. The normalized spacial score (nSPS) is 13.1. The first kappa shape index (κ1) is 12.2. The van der Waals surface area contributed by atoms with E-state index >= 15 is 0 Å². The molecule has 1 heterocycles. The van der Waals surface area contributed by atoms with E-state index in [0.29, 0.717) is 13.2 Å². The van der Waals surface area contributed by atoms with Gasteiger partial charge in [-0.3, -0.25) is 4.68 Å². The van der Waals surface area contributed by atoms with Crippen molar-refractivity contribution in [1.29, 1.82) is 0 Å². The van der Waals surface area contributed by atoms with Gasteiger partial charge in [-0.05, 0) is 26.8 Å². The lowest BCUT2D eigenvalue weighted by molar-refractivity contribution is -0.00725. The maximum atomic E-state index is 5.56. The van der Waals surface area contributed by atoms with E-state index in [0.717, 1.165) is 17.9 Å². The van der Waals surface area contributed by atoms with Crippen molar-refractivity contribution in [2.45, 2.75) is 33.4 Å². The lowest BCUT2D eigenvalue weighted by Gasteiger charge is -2.16. The van der Waals surface area contributed by atoms with Crippen molar-refractivity contribution in [3.63, 3.8) is 0 Å². The Hall–Kier alpha value is -0.870. The van der Waals surface area contributed by atoms with E-state index in [-0.39, 0.29) is 6.10 Å².